The molecule has 0 radical (unpaired) electrons. The lowest BCUT2D eigenvalue weighted by Crippen LogP contribution is -2.53. The van der Waals surface area contributed by atoms with Crippen LogP contribution in [0.5, 0.6) is 0 Å². The van der Waals surface area contributed by atoms with Gasteiger partial charge in [-0.25, -0.2) is 9.37 Å². The maximum atomic E-state index is 15.0. The van der Waals surface area contributed by atoms with E-state index < -0.39 is 28.6 Å². The lowest BCUT2D eigenvalue weighted by Gasteiger charge is -2.32. The standard InChI is InChI=1S/C33H20FN3O4S/c1-18-14-15-23-26(16-18)42-32(35-23)37-30(39)29-27(28(38)20-9-3-7-13-25(20)41-29)33(37)21-10-4-6-12-24(21)36(31(33)40)17-19-8-2-5-11-22(19)34/h2-16H,17H2,1H3. The van der Waals surface area contributed by atoms with Gasteiger partial charge in [-0.1, -0.05) is 65.9 Å². The second-order valence-corrected chi connectivity index (χ2v) is 11.5. The van der Waals surface area contributed by atoms with Crippen molar-refractivity contribution in [2.75, 3.05) is 9.80 Å². The van der Waals surface area contributed by atoms with Gasteiger partial charge in [0.05, 0.1) is 33.4 Å². The van der Waals surface area contributed by atoms with Crippen LogP contribution in [0.15, 0.2) is 100 Å². The first-order valence-corrected chi connectivity index (χ1v) is 14.1. The molecule has 204 valence electrons. The minimum atomic E-state index is -1.90. The number of benzene rings is 4. The van der Waals surface area contributed by atoms with Crippen LogP contribution in [0.25, 0.3) is 21.2 Å². The molecule has 9 heteroatoms. The SMILES string of the molecule is Cc1ccc2nc(N3C(=O)c4oc5ccccc5c(=O)c4C34C(=O)N(Cc3ccccc3F)c3ccccc34)sc2c1. The predicted molar refractivity (Wildman–Crippen MR) is 158 cm³/mol. The number of anilines is 2. The predicted octanol–water partition coefficient (Wildman–Crippen LogP) is 6.30. The van der Waals surface area contributed by atoms with Crippen LogP contribution in [0.1, 0.15) is 32.8 Å². The summed E-state index contributed by atoms with van der Waals surface area (Å²) in [7, 11) is 0. The number of aromatic nitrogens is 1. The molecule has 0 fully saturated rings. The summed E-state index contributed by atoms with van der Waals surface area (Å²) < 4.78 is 21.8. The zero-order valence-electron chi connectivity index (χ0n) is 22.1. The van der Waals surface area contributed by atoms with E-state index in [1.54, 1.807) is 66.7 Å². The molecule has 2 aromatic heterocycles. The number of aryl methyl sites for hydroxylation is 1. The minimum absolute atomic E-state index is 0.0601. The van der Waals surface area contributed by atoms with Gasteiger partial charge in [-0.15, -0.1) is 0 Å². The summed E-state index contributed by atoms with van der Waals surface area (Å²) in [6, 6.07) is 25.6. The van der Waals surface area contributed by atoms with Crippen molar-refractivity contribution in [3.63, 3.8) is 0 Å². The van der Waals surface area contributed by atoms with Crippen LogP contribution in [0.2, 0.25) is 0 Å². The molecule has 4 aromatic carbocycles. The molecule has 8 rings (SSSR count). The average Bonchev–Trinajstić information content (AvgIpc) is 3.60. The number of para-hydroxylation sites is 2. The zero-order chi connectivity index (χ0) is 28.7. The quantitative estimate of drug-likeness (QED) is 0.248. The van der Waals surface area contributed by atoms with Crippen LogP contribution in [-0.2, 0) is 16.9 Å². The van der Waals surface area contributed by atoms with Gasteiger partial charge in [0, 0.05) is 11.1 Å². The highest BCUT2D eigenvalue weighted by molar-refractivity contribution is 7.22. The second kappa shape index (κ2) is 8.67. The first kappa shape index (κ1) is 24.6. The van der Waals surface area contributed by atoms with E-state index in [9.17, 15) is 18.8 Å². The number of hydrogen-bond donors (Lipinski definition) is 0. The fourth-order valence-electron chi connectivity index (χ4n) is 6.18. The molecule has 0 saturated heterocycles. The second-order valence-electron chi connectivity index (χ2n) is 10.4. The van der Waals surface area contributed by atoms with Crippen LogP contribution in [0.4, 0.5) is 15.2 Å². The van der Waals surface area contributed by atoms with Crippen molar-refractivity contribution in [1.82, 2.24) is 4.98 Å². The molecular weight excluding hydrogens is 553 g/mol. The Kier molecular flexibility index (Phi) is 5.09. The Morgan fingerprint density at radius 2 is 1.69 bits per heavy atom. The summed E-state index contributed by atoms with van der Waals surface area (Å²) in [6.07, 6.45) is 0. The first-order valence-electron chi connectivity index (χ1n) is 13.3. The monoisotopic (exact) mass is 573 g/mol. The highest BCUT2D eigenvalue weighted by Crippen LogP contribution is 2.55. The van der Waals surface area contributed by atoms with Gasteiger partial charge >= 0.3 is 0 Å². The molecule has 1 spiro atoms. The summed E-state index contributed by atoms with van der Waals surface area (Å²) >= 11 is 1.26. The first-order chi connectivity index (χ1) is 20.4. The Labute approximate surface area is 242 Å². The summed E-state index contributed by atoms with van der Waals surface area (Å²) in [4.78, 5) is 51.2. The Hall–Kier alpha value is -5.15. The van der Waals surface area contributed by atoms with E-state index in [0.29, 0.717) is 22.3 Å². The Bertz CT molecular complexity index is 2210. The molecule has 42 heavy (non-hydrogen) atoms. The minimum Gasteiger partial charge on any atom is -0.450 e. The summed E-state index contributed by atoms with van der Waals surface area (Å²) in [5, 5.41) is 0.509. The molecule has 7 nitrogen and oxygen atoms in total. The third-order valence-corrected chi connectivity index (χ3v) is 9.05. The highest BCUT2D eigenvalue weighted by Gasteiger charge is 2.66. The molecule has 1 unspecified atom stereocenters. The number of amides is 2. The topological polar surface area (TPSA) is 83.7 Å². The number of nitrogens with zero attached hydrogens (tertiary/aromatic N) is 3. The van der Waals surface area contributed by atoms with Gasteiger partial charge in [0.2, 0.25) is 5.76 Å². The molecule has 6 aromatic rings. The number of thiazole rings is 1. The molecule has 0 N–H and O–H groups in total. The van der Waals surface area contributed by atoms with Crippen molar-refractivity contribution in [2.24, 2.45) is 0 Å². The van der Waals surface area contributed by atoms with E-state index in [0.717, 1.165) is 10.3 Å². The van der Waals surface area contributed by atoms with Gasteiger partial charge in [-0.2, -0.15) is 0 Å². The largest absolute Gasteiger partial charge is 0.450 e. The fraction of sp³-hybridized carbons (Fsp3) is 0.0909. The van der Waals surface area contributed by atoms with E-state index in [1.807, 2.05) is 25.1 Å². The van der Waals surface area contributed by atoms with E-state index >= 15 is 0 Å². The van der Waals surface area contributed by atoms with Crippen LogP contribution in [0.3, 0.4) is 0 Å². The van der Waals surface area contributed by atoms with E-state index in [2.05, 4.69) is 0 Å². The highest BCUT2D eigenvalue weighted by atomic mass is 32.1. The van der Waals surface area contributed by atoms with Gasteiger partial charge in [0.25, 0.3) is 11.8 Å². The maximum absolute atomic E-state index is 15.0. The Morgan fingerprint density at radius 1 is 0.929 bits per heavy atom. The van der Waals surface area contributed by atoms with Gasteiger partial charge in [-0.3, -0.25) is 19.3 Å². The molecule has 0 saturated carbocycles. The smallest absolute Gasteiger partial charge is 0.297 e. The lowest BCUT2D eigenvalue weighted by molar-refractivity contribution is -0.121. The molecular formula is C33H20FN3O4S. The van der Waals surface area contributed by atoms with Crippen molar-refractivity contribution in [3.8, 4) is 0 Å². The van der Waals surface area contributed by atoms with Crippen LogP contribution < -0.4 is 15.2 Å². The Morgan fingerprint density at radius 3 is 2.55 bits per heavy atom. The van der Waals surface area contributed by atoms with Gasteiger partial charge in [-0.05, 0) is 48.9 Å². The normalized spacial score (nSPS) is 17.6. The molecule has 2 aliphatic heterocycles. The van der Waals surface area contributed by atoms with Gasteiger partial charge in [0.1, 0.15) is 11.4 Å². The fourth-order valence-corrected chi connectivity index (χ4v) is 7.29. The van der Waals surface area contributed by atoms with Crippen LogP contribution in [0, 0.1) is 12.7 Å². The number of hydrogen-bond acceptors (Lipinski definition) is 6. The molecule has 0 aliphatic carbocycles. The maximum Gasteiger partial charge on any atom is 0.297 e. The molecule has 1 atom stereocenters. The van der Waals surface area contributed by atoms with Crippen molar-refractivity contribution < 1.29 is 18.4 Å². The number of rotatable bonds is 3. The number of carbonyl (C=O) groups is 2. The summed E-state index contributed by atoms with van der Waals surface area (Å²) in [5.41, 5.74) is 0.684. The molecule has 4 heterocycles. The zero-order valence-corrected chi connectivity index (χ0v) is 22.9. The van der Waals surface area contributed by atoms with Crippen LogP contribution >= 0.6 is 11.3 Å². The van der Waals surface area contributed by atoms with Crippen molar-refractivity contribution in [3.05, 3.63) is 135 Å². The van der Waals surface area contributed by atoms with Crippen molar-refractivity contribution >= 4 is 55.2 Å². The summed E-state index contributed by atoms with van der Waals surface area (Å²) in [5.74, 6) is -1.86. The molecule has 0 bridgehead atoms. The lowest BCUT2D eigenvalue weighted by atomic mass is 9.84. The van der Waals surface area contributed by atoms with E-state index in [-0.39, 0.29) is 34.0 Å². The summed E-state index contributed by atoms with van der Waals surface area (Å²) in [6.45, 7) is 1.86. The third kappa shape index (κ3) is 3.14. The number of fused-ring (bicyclic) bond motifs is 6. The van der Waals surface area contributed by atoms with Crippen molar-refractivity contribution in [2.45, 2.75) is 19.0 Å². The third-order valence-electron chi connectivity index (χ3n) is 8.04. The number of carbonyl (C=O) groups excluding carboxylic acids is 2. The number of halogens is 1. The molecule has 2 amide bonds. The average molecular weight is 574 g/mol. The Balaban J connectivity index is 1.46. The van der Waals surface area contributed by atoms with Gasteiger partial charge < -0.3 is 9.32 Å². The van der Waals surface area contributed by atoms with E-state index in [4.69, 9.17) is 9.40 Å². The van der Waals surface area contributed by atoms with Gasteiger partial charge in [0.15, 0.2) is 16.1 Å². The molecule has 2 aliphatic rings. The van der Waals surface area contributed by atoms with Crippen LogP contribution in [-0.4, -0.2) is 16.8 Å². The van der Waals surface area contributed by atoms with E-state index in [1.165, 1.54) is 27.2 Å². The van der Waals surface area contributed by atoms with Crippen molar-refractivity contribution in [1.29, 1.82) is 0 Å².